The van der Waals surface area contributed by atoms with Crippen molar-refractivity contribution < 1.29 is 9.67 Å². The fraction of sp³-hybridized carbons (Fsp3) is 0.211. The maximum absolute atomic E-state index is 13.3. The molecule has 0 fully saturated rings. The maximum Gasteiger partial charge on any atom is 0.350 e. The van der Waals surface area contributed by atoms with E-state index >= 15 is 0 Å². The van der Waals surface area contributed by atoms with Crippen molar-refractivity contribution in [1.29, 1.82) is 0 Å². The van der Waals surface area contributed by atoms with E-state index in [4.69, 9.17) is 11.6 Å². The summed E-state index contributed by atoms with van der Waals surface area (Å²) in [6.07, 6.45) is 1.70. The lowest BCUT2D eigenvalue weighted by atomic mass is 10.1. The minimum absolute atomic E-state index is 0.0189. The van der Waals surface area contributed by atoms with Crippen LogP contribution >= 0.6 is 23.4 Å². The number of fused-ring (bicyclic) bond motifs is 1. The van der Waals surface area contributed by atoms with Gasteiger partial charge in [0.1, 0.15) is 5.15 Å². The van der Waals surface area contributed by atoms with Gasteiger partial charge in [0.2, 0.25) is 0 Å². The molecule has 3 heterocycles. The molecular weight excluding hydrogens is 370 g/mol. The highest BCUT2D eigenvalue weighted by atomic mass is 35.5. The van der Waals surface area contributed by atoms with E-state index in [-0.39, 0.29) is 16.8 Å². The average Bonchev–Trinajstić information content (AvgIpc) is 3.09. The van der Waals surface area contributed by atoms with E-state index in [0.29, 0.717) is 28.6 Å². The van der Waals surface area contributed by atoms with Gasteiger partial charge >= 0.3 is 5.56 Å². The second kappa shape index (κ2) is 6.78. The Labute approximate surface area is 159 Å². The summed E-state index contributed by atoms with van der Waals surface area (Å²) in [5.74, 6) is 1.46. The molecule has 7 heteroatoms. The summed E-state index contributed by atoms with van der Waals surface area (Å²) in [6.45, 7) is 2.54. The number of rotatable bonds is 3. The quantitative estimate of drug-likeness (QED) is 0.554. The van der Waals surface area contributed by atoms with Gasteiger partial charge in [-0.2, -0.15) is 9.13 Å². The number of halogens is 1. The Kier molecular flexibility index (Phi) is 4.46. The average molecular weight is 387 g/mol. The molecule has 1 aromatic carbocycles. The van der Waals surface area contributed by atoms with Gasteiger partial charge in [-0.3, -0.25) is 0 Å². The molecule has 0 aliphatic carbocycles. The largest absolute Gasteiger partial charge is 0.477 e. The molecular formula is C19H17ClN3O2S+. The molecule has 1 aliphatic rings. The molecule has 4 rings (SSSR count). The molecule has 5 nitrogen and oxygen atoms in total. The van der Waals surface area contributed by atoms with Gasteiger partial charge in [-0.05, 0) is 24.6 Å². The van der Waals surface area contributed by atoms with Crippen molar-refractivity contribution in [3.63, 3.8) is 0 Å². The Bertz CT molecular complexity index is 1020. The Morgan fingerprint density at radius 2 is 2.08 bits per heavy atom. The van der Waals surface area contributed by atoms with Crippen LogP contribution in [-0.4, -0.2) is 14.7 Å². The lowest BCUT2D eigenvalue weighted by Gasteiger charge is -2.13. The second-order valence-electron chi connectivity index (χ2n) is 5.98. The summed E-state index contributed by atoms with van der Waals surface area (Å²) in [5, 5.41) is 11.0. The van der Waals surface area contributed by atoms with Crippen LogP contribution in [0.1, 0.15) is 23.7 Å². The summed E-state index contributed by atoms with van der Waals surface area (Å²) in [6, 6.07) is 12.9. The molecule has 26 heavy (non-hydrogen) atoms. The van der Waals surface area contributed by atoms with E-state index < -0.39 is 0 Å². The van der Waals surface area contributed by atoms with Crippen molar-refractivity contribution >= 4 is 23.4 Å². The number of pyridine rings is 1. The van der Waals surface area contributed by atoms with E-state index in [2.05, 4.69) is 4.98 Å². The predicted octanol–water partition coefficient (Wildman–Crippen LogP) is 3.37. The van der Waals surface area contributed by atoms with Crippen LogP contribution in [0.3, 0.4) is 0 Å². The first-order valence-corrected chi connectivity index (χ1v) is 9.73. The Hall–Kier alpha value is -2.31. The molecule has 132 valence electrons. The monoisotopic (exact) mass is 386 g/mol. The zero-order chi connectivity index (χ0) is 18.3. The smallest absolute Gasteiger partial charge is 0.350 e. The van der Waals surface area contributed by atoms with Gasteiger partial charge < -0.3 is 5.11 Å². The molecule has 0 amide bonds. The minimum Gasteiger partial charge on any atom is -0.477 e. The first-order chi connectivity index (χ1) is 12.6. The number of hydrogen-bond acceptors (Lipinski definition) is 4. The highest BCUT2D eigenvalue weighted by Crippen LogP contribution is 2.39. The number of hydrogen-bond donors (Lipinski definition) is 1. The Morgan fingerprint density at radius 3 is 2.73 bits per heavy atom. The lowest BCUT2D eigenvalue weighted by Crippen LogP contribution is -2.44. The van der Waals surface area contributed by atoms with Crippen molar-refractivity contribution in [2.24, 2.45) is 0 Å². The first-order valence-electron chi connectivity index (χ1n) is 8.30. The van der Waals surface area contributed by atoms with Gasteiger partial charge in [0.25, 0.3) is 11.7 Å². The highest BCUT2D eigenvalue weighted by molar-refractivity contribution is 7.98. The SMILES string of the molecule is CC[n+]1c(O)c(-c2ccccc2)c(=O)n2c1CSC2c1ccc(Cl)nc1. The second-order valence-corrected chi connectivity index (χ2v) is 7.43. The minimum atomic E-state index is -0.196. The van der Waals surface area contributed by atoms with Crippen LogP contribution < -0.4 is 10.1 Å². The van der Waals surface area contributed by atoms with Gasteiger partial charge in [0.15, 0.2) is 10.9 Å². The maximum atomic E-state index is 13.3. The van der Waals surface area contributed by atoms with Crippen molar-refractivity contribution in [2.75, 3.05) is 0 Å². The van der Waals surface area contributed by atoms with E-state index in [9.17, 15) is 9.90 Å². The fourth-order valence-corrected chi connectivity index (χ4v) is 4.72. The normalized spacial score (nSPS) is 15.8. The van der Waals surface area contributed by atoms with Crippen LogP contribution in [0.5, 0.6) is 5.88 Å². The van der Waals surface area contributed by atoms with E-state index in [1.54, 1.807) is 33.2 Å². The molecule has 2 aromatic heterocycles. The summed E-state index contributed by atoms with van der Waals surface area (Å²) < 4.78 is 3.57. The lowest BCUT2D eigenvalue weighted by molar-refractivity contribution is -0.709. The van der Waals surface area contributed by atoms with E-state index in [1.165, 1.54) is 0 Å². The molecule has 0 saturated carbocycles. The number of aromatic nitrogens is 3. The van der Waals surface area contributed by atoms with Gasteiger partial charge in [-0.15, -0.1) is 0 Å². The summed E-state index contributed by atoms with van der Waals surface area (Å²) in [7, 11) is 0. The fourth-order valence-electron chi connectivity index (χ4n) is 3.31. The Morgan fingerprint density at radius 1 is 1.31 bits per heavy atom. The van der Waals surface area contributed by atoms with E-state index in [0.717, 1.165) is 11.4 Å². The van der Waals surface area contributed by atoms with Gasteiger partial charge in [-0.25, -0.2) is 9.78 Å². The number of thioether (sulfide) groups is 1. The van der Waals surface area contributed by atoms with E-state index in [1.807, 2.05) is 43.3 Å². The summed E-state index contributed by atoms with van der Waals surface area (Å²) in [5.41, 5.74) is 1.74. The zero-order valence-electron chi connectivity index (χ0n) is 14.1. The zero-order valence-corrected chi connectivity index (χ0v) is 15.7. The molecule has 0 radical (unpaired) electrons. The third-order valence-electron chi connectivity index (χ3n) is 4.52. The number of aromatic hydroxyl groups is 1. The molecule has 1 atom stereocenters. The van der Waals surface area contributed by atoms with Gasteiger partial charge in [0.05, 0.1) is 12.3 Å². The molecule has 0 spiro atoms. The van der Waals surface area contributed by atoms with Crippen LogP contribution in [0.4, 0.5) is 0 Å². The van der Waals surface area contributed by atoms with Crippen LogP contribution in [0.25, 0.3) is 11.1 Å². The van der Waals surface area contributed by atoms with Crippen molar-refractivity contribution in [2.45, 2.75) is 24.6 Å². The van der Waals surface area contributed by atoms with Crippen molar-refractivity contribution in [3.8, 4) is 17.0 Å². The van der Waals surface area contributed by atoms with Crippen LogP contribution in [-0.2, 0) is 12.3 Å². The first kappa shape index (κ1) is 17.1. The molecule has 1 N–H and O–H groups in total. The predicted molar refractivity (Wildman–Crippen MR) is 102 cm³/mol. The Balaban J connectivity index is 1.97. The summed E-state index contributed by atoms with van der Waals surface area (Å²) >= 11 is 7.53. The van der Waals surface area contributed by atoms with Crippen LogP contribution in [0, 0.1) is 0 Å². The molecule has 0 bridgehead atoms. The van der Waals surface area contributed by atoms with Gasteiger partial charge in [-0.1, -0.05) is 53.7 Å². The molecule has 1 aliphatic heterocycles. The van der Waals surface area contributed by atoms with Crippen molar-refractivity contribution in [3.05, 3.63) is 75.6 Å². The molecule has 0 saturated heterocycles. The molecule has 1 unspecified atom stereocenters. The highest BCUT2D eigenvalue weighted by Gasteiger charge is 2.39. The van der Waals surface area contributed by atoms with Crippen molar-refractivity contribution in [1.82, 2.24) is 9.55 Å². The van der Waals surface area contributed by atoms with Gasteiger partial charge in [0, 0.05) is 11.8 Å². The third kappa shape index (κ3) is 2.70. The van der Waals surface area contributed by atoms with Crippen LogP contribution in [0.15, 0.2) is 53.5 Å². The van der Waals surface area contributed by atoms with Crippen LogP contribution in [0.2, 0.25) is 5.15 Å². The third-order valence-corrected chi connectivity index (χ3v) is 5.97. The summed E-state index contributed by atoms with van der Waals surface area (Å²) in [4.78, 5) is 17.5. The molecule has 3 aromatic rings. The standard InChI is InChI=1S/C19H16ClN3O2S/c1-2-22-15-11-26-19(13-8-9-14(20)21-10-13)23(15)18(25)16(17(22)24)12-6-4-3-5-7-12/h3-10,19H,2,11H2,1H3/p+1. The number of benzene rings is 1. The topological polar surface area (TPSA) is 59.0 Å². The number of nitrogens with zero attached hydrogens (tertiary/aromatic N) is 3.